The summed E-state index contributed by atoms with van der Waals surface area (Å²) in [6, 6.07) is 20.1. The van der Waals surface area contributed by atoms with E-state index in [1.54, 1.807) is 0 Å². The Kier molecular flexibility index (Phi) is 7.71. The van der Waals surface area contributed by atoms with E-state index in [0.29, 0.717) is 12.1 Å². The SMILES string of the molecule is C#Cc1cccc(C(C)=NC[C@H]2CC(c3ccc(C)c(C(=O)OC)c3)c3ccccc3O2)c1/C=C\C. The van der Waals surface area contributed by atoms with Crippen LogP contribution in [0.4, 0.5) is 0 Å². The van der Waals surface area contributed by atoms with Crippen LogP contribution < -0.4 is 4.74 Å². The van der Waals surface area contributed by atoms with E-state index in [1.165, 1.54) is 7.11 Å². The van der Waals surface area contributed by atoms with E-state index in [4.69, 9.17) is 20.9 Å². The van der Waals surface area contributed by atoms with Crippen LogP contribution in [0.1, 0.15) is 69.9 Å². The molecule has 1 heterocycles. The van der Waals surface area contributed by atoms with Crippen LogP contribution >= 0.6 is 0 Å². The summed E-state index contributed by atoms with van der Waals surface area (Å²) in [4.78, 5) is 17.3. The minimum absolute atomic E-state index is 0.0859. The van der Waals surface area contributed by atoms with Gasteiger partial charge in [-0.1, -0.05) is 60.5 Å². The number of hydrogen-bond acceptors (Lipinski definition) is 4. The zero-order chi connectivity index (χ0) is 25.7. The predicted octanol–water partition coefficient (Wildman–Crippen LogP) is 6.59. The normalized spacial score (nSPS) is 17.2. The van der Waals surface area contributed by atoms with Crippen LogP contribution in [0.3, 0.4) is 0 Å². The summed E-state index contributed by atoms with van der Waals surface area (Å²) < 4.78 is 11.4. The molecule has 0 spiro atoms. The number of methoxy groups -OCH3 is 1. The second kappa shape index (κ2) is 11.1. The maximum atomic E-state index is 12.3. The molecule has 3 aromatic carbocycles. The molecule has 0 amide bonds. The van der Waals surface area contributed by atoms with Crippen molar-refractivity contribution >= 4 is 17.8 Å². The van der Waals surface area contributed by atoms with Crippen LogP contribution in [0.25, 0.3) is 6.08 Å². The van der Waals surface area contributed by atoms with Gasteiger partial charge in [0.05, 0.1) is 19.2 Å². The molecule has 4 heteroatoms. The number of carbonyl (C=O) groups excluding carboxylic acids is 1. The number of esters is 1. The Labute approximate surface area is 213 Å². The fourth-order valence-electron chi connectivity index (χ4n) is 4.78. The van der Waals surface area contributed by atoms with Crippen molar-refractivity contribution in [1.82, 2.24) is 0 Å². The van der Waals surface area contributed by atoms with Crippen molar-refractivity contribution in [2.45, 2.75) is 39.2 Å². The van der Waals surface area contributed by atoms with Crippen LogP contribution in [-0.2, 0) is 4.74 Å². The van der Waals surface area contributed by atoms with Crippen molar-refractivity contribution in [1.29, 1.82) is 0 Å². The Hall–Kier alpha value is -4.10. The molecule has 0 N–H and O–H groups in total. The number of nitrogens with zero attached hydrogens (tertiary/aromatic N) is 1. The second-order valence-corrected chi connectivity index (χ2v) is 8.97. The number of aliphatic imine (C=N–C) groups is 1. The topological polar surface area (TPSA) is 47.9 Å². The zero-order valence-electron chi connectivity index (χ0n) is 21.2. The smallest absolute Gasteiger partial charge is 0.338 e. The summed E-state index contributed by atoms with van der Waals surface area (Å²) in [5.41, 5.74) is 7.48. The monoisotopic (exact) mass is 477 g/mol. The maximum Gasteiger partial charge on any atom is 0.338 e. The number of carbonyl (C=O) groups is 1. The molecule has 182 valence electrons. The van der Waals surface area contributed by atoms with Crippen LogP contribution in [0, 0.1) is 19.3 Å². The summed E-state index contributed by atoms with van der Waals surface area (Å²) in [6.45, 7) is 6.43. The van der Waals surface area contributed by atoms with Gasteiger partial charge in [-0.15, -0.1) is 6.42 Å². The lowest BCUT2D eigenvalue weighted by Crippen LogP contribution is -2.29. The van der Waals surface area contributed by atoms with E-state index < -0.39 is 0 Å². The third-order valence-electron chi connectivity index (χ3n) is 6.67. The minimum Gasteiger partial charge on any atom is -0.488 e. The van der Waals surface area contributed by atoms with Crippen molar-refractivity contribution in [3.8, 4) is 18.1 Å². The first kappa shape index (κ1) is 25.0. The quantitative estimate of drug-likeness (QED) is 0.229. The first-order chi connectivity index (χ1) is 17.5. The van der Waals surface area contributed by atoms with Crippen LogP contribution in [0.15, 0.2) is 71.7 Å². The van der Waals surface area contributed by atoms with E-state index in [0.717, 1.165) is 51.3 Å². The second-order valence-electron chi connectivity index (χ2n) is 8.97. The summed E-state index contributed by atoms with van der Waals surface area (Å²) in [6.07, 6.45) is 10.4. The Balaban J connectivity index is 1.65. The highest BCUT2D eigenvalue weighted by Crippen LogP contribution is 2.41. The fourth-order valence-corrected chi connectivity index (χ4v) is 4.78. The number of fused-ring (bicyclic) bond motifs is 1. The molecule has 0 saturated heterocycles. The van der Waals surface area contributed by atoms with Gasteiger partial charge in [0.1, 0.15) is 11.9 Å². The number of terminal acetylenes is 1. The molecule has 0 aromatic heterocycles. The maximum absolute atomic E-state index is 12.3. The molecule has 1 unspecified atom stereocenters. The molecule has 4 rings (SSSR count). The first-order valence-corrected chi connectivity index (χ1v) is 12.1. The van der Waals surface area contributed by atoms with E-state index >= 15 is 0 Å². The van der Waals surface area contributed by atoms with E-state index in [1.807, 2.05) is 75.4 Å². The van der Waals surface area contributed by atoms with Crippen molar-refractivity contribution in [3.63, 3.8) is 0 Å². The lowest BCUT2D eigenvalue weighted by Gasteiger charge is -2.32. The van der Waals surface area contributed by atoms with Gasteiger partial charge >= 0.3 is 5.97 Å². The number of allylic oxidation sites excluding steroid dienone is 1. The van der Waals surface area contributed by atoms with Gasteiger partial charge in [-0.3, -0.25) is 4.99 Å². The van der Waals surface area contributed by atoms with Gasteiger partial charge in [0, 0.05) is 28.3 Å². The number of aryl methyl sites for hydroxylation is 1. The third kappa shape index (κ3) is 5.11. The Morgan fingerprint density at radius 1 is 1.17 bits per heavy atom. The Morgan fingerprint density at radius 2 is 1.97 bits per heavy atom. The van der Waals surface area contributed by atoms with Crippen molar-refractivity contribution < 1.29 is 14.3 Å². The average Bonchev–Trinajstić information content (AvgIpc) is 2.91. The molecule has 1 aliphatic rings. The summed E-state index contributed by atoms with van der Waals surface area (Å²) >= 11 is 0. The number of benzene rings is 3. The summed E-state index contributed by atoms with van der Waals surface area (Å²) in [5.74, 6) is 3.39. The highest BCUT2D eigenvalue weighted by Gasteiger charge is 2.30. The van der Waals surface area contributed by atoms with Gasteiger partial charge in [0.25, 0.3) is 0 Å². The van der Waals surface area contributed by atoms with E-state index in [-0.39, 0.29) is 18.0 Å². The Bertz CT molecular complexity index is 1380. The highest BCUT2D eigenvalue weighted by molar-refractivity contribution is 6.02. The average molecular weight is 478 g/mol. The van der Waals surface area contributed by atoms with E-state index in [9.17, 15) is 4.79 Å². The van der Waals surface area contributed by atoms with Gasteiger partial charge in [0.15, 0.2) is 0 Å². The zero-order valence-corrected chi connectivity index (χ0v) is 21.2. The van der Waals surface area contributed by atoms with E-state index in [2.05, 4.69) is 24.1 Å². The van der Waals surface area contributed by atoms with Gasteiger partial charge in [0.2, 0.25) is 0 Å². The number of rotatable bonds is 6. The molecule has 3 aromatic rings. The van der Waals surface area contributed by atoms with Crippen LogP contribution in [0.5, 0.6) is 5.75 Å². The summed E-state index contributed by atoms with van der Waals surface area (Å²) in [7, 11) is 1.41. The number of hydrogen-bond donors (Lipinski definition) is 0. The van der Waals surface area contributed by atoms with Gasteiger partial charge < -0.3 is 9.47 Å². The Morgan fingerprint density at radius 3 is 2.72 bits per heavy atom. The molecule has 0 bridgehead atoms. The fraction of sp³-hybridized carbons (Fsp3) is 0.250. The molecular weight excluding hydrogens is 446 g/mol. The molecule has 1 aliphatic heterocycles. The van der Waals surface area contributed by atoms with Crippen molar-refractivity contribution in [2.75, 3.05) is 13.7 Å². The number of para-hydroxylation sites is 1. The summed E-state index contributed by atoms with van der Waals surface area (Å²) in [5, 5.41) is 0. The highest BCUT2D eigenvalue weighted by atomic mass is 16.5. The molecule has 4 nitrogen and oxygen atoms in total. The molecule has 0 radical (unpaired) electrons. The third-order valence-corrected chi connectivity index (χ3v) is 6.67. The first-order valence-electron chi connectivity index (χ1n) is 12.1. The molecule has 0 fully saturated rings. The molecule has 0 saturated carbocycles. The molecule has 2 atom stereocenters. The van der Waals surface area contributed by atoms with Crippen molar-refractivity contribution in [3.05, 3.63) is 106 Å². The van der Waals surface area contributed by atoms with Gasteiger partial charge in [-0.25, -0.2) is 4.79 Å². The molecule has 36 heavy (non-hydrogen) atoms. The van der Waals surface area contributed by atoms with Crippen molar-refractivity contribution in [2.24, 2.45) is 4.99 Å². The molecular formula is C32H31NO3. The lowest BCUT2D eigenvalue weighted by atomic mass is 9.83. The standard InChI is InChI=1S/C32H31NO3/c1-6-11-27-23(7-2)12-10-14-26(27)22(4)33-20-25-19-30(28-13-8-9-15-31(28)36-25)24-17-16-21(3)29(18-24)32(34)35-5/h2,6,8-18,25,30H,19-20H2,1,3-5H3/b11-6-,33-22?/t25-,30?/m1/s1. The van der Waals surface area contributed by atoms with Crippen LogP contribution in [-0.4, -0.2) is 31.4 Å². The van der Waals surface area contributed by atoms with Gasteiger partial charge in [-0.2, -0.15) is 0 Å². The number of ether oxygens (including phenoxy) is 2. The van der Waals surface area contributed by atoms with Gasteiger partial charge in [-0.05, 0) is 62.1 Å². The lowest BCUT2D eigenvalue weighted by molar-refractivity contribution is 0.0599. The molecule has 0 aliphatic carbocycles. The van der Waals surface area contributed by atoms with Crippen LogP contribution in [0.2, 0.25) is 0 Å². The largest absolute Gasteiger partial charge is 0.488 e. The minimum atomic E-state index is -0.322. The predicted molar refractivity (Wildman–Crippen MR) is 146 cm³/mol.